The number of allylic oxidation sites excluding steroid dienone is 2. The van der Waals surface area contributed by atoms with Gasteiger partial charge in [0.15, 0.2) is 0 Å². The Morgan fingerprint density at radius 2 is 2.29 bits per heavy atom. The van der Waals surface area contributed by atoms with E-state index in [1.807, 2.05) is 0 Å². The van der Waals surface area contributed by atoms with Crippen molar-refractivity contribution in [3.63, 3.8) is 0 Å². The highest BCUT2D eigenvalue weighted by atomic mass is 14.5. The Morgan fingerprint density at radius 3 is 2.79 bits per heavy atom. The van der Waals surface area contributed by atoms with Crippen molar-refractivity contribution in [3.8, 4) is 6.07 Å². The molecular weight excluding hydrogens is 170 g/mol. The van der Waals surface area contributed by atoms with Crippen molar-refractivity contribution in [1.82, 2.24) is 0 Å². The highest BCUT2D eigenvalue weighted by molar-refractivity contribution is 5.21. The van der Waals surface area contributed by atoms with Crippen molar-refractivity contribution in [1.29, 1.82) is 5.26 Å². The average molecular weight is 189 g/mol. The quantitative estimate of drug-likeness (QED) is 0.489. The van der Waals surface area contributed by atoms with Crippen molar-refractivity contribution < 1.29 is 0 Å². The summed E-state index contributed by atoms with van der Waals surface area (Å²) in [5, 5.41) is 9.35. The van der Waals surface area contributed by atoms with Gasteiger partial charge in [-0.3, -0.25) is 0 Å². The summed E-state index contributed by atoms with van der Waals surface area (Å²) >= 11 is 0. The highest BCUT2D eigenvalue weighted by Gasteiger charge is 2.47. The fourth-order valence-corrected chi connectivity index (χ4v) is 3.12. The monoisotopic (exact) mass is 189 g/mol. The van der Waals surface area contributed by atoms with Gasteiger partial charge in [-0.05, 0) is 31.1 Å². The minimum absolute atomic E-state index is 0.0224. The van der Waals surface area contributed by atoms with E-state index in [-0.39, 0.29) is 5.41 Å². The highest BCUT2D eigenvalue weighted by Crippen LogP contribution is 2.54. The molecule has 3 atom stereocenters. The second-order valence-electron chi connectivity index (χ2n) is 4.92. The first kappa shape index (κ1) is 9.77. The summed E-state index contributed by atoms with van der Waals surface area (Å²) < 4.78 is 0. The van der Waals surface area contributed by atoms with Gasteiger partial charge in [0.25, 0.3) is 0 Å². The molecule has 14 heavy (non-hydrogen) atoms. The maximum absolute atomic E-state index is 9.35. The summed E-state index contributed by atoms with van der Waals surface area (Å²) in [7, 11) is 0. The molecule has 1 fully saturated rings. The maximum atomic E-state index is 9.35. The van der Waals surface area contributed by atoms with Crippen LogP contribution >= 0.6 is 0 Å². The lowest BCUT2D eigenvalue weighted by atomic mass is 9.73. The third-order valence-electron chi connectivity index (χ3n) is 3.96. The minimum atomic E-state index is 0.0224. The molecule has 0 unspecified atom stereocenters. The van der Waals surface area contributed by atoms with Crippen LogP contribution in [0.5, 0.6) is 0 Å². The number of nitriles is 1. The van der Waals surface area contributed by atoms with Gasteiger partial charge in [0.05, 0.1) is 11.5 Å². The van der Waals surface area contributed by atoms with Gasteiger partial charge in [-0.15, -0.1) is 0 Å². The number of hydrogen-bond acceptors (Lipinski definition) is 1. The summed E-state index contributed by atoms with van der Waals surface area (Å²) in [6.07, 6.45) is 11.9. The Morgan fingerprint density at radius 1 is 1.43 bits per heavy atom. The van der Waals surface area contributed by atoms with Crippen LogP contribution in [0.2, 0.25) is 0 Å². The third kappa shape index (κ3) is 1.47. The molecule has 0 saturated heterocycles. The molecule has 1 nitrogen and oxygen atoms in total. The lowest BCUT2D eigenvalue weighted by Crippen LogP contribution is -2.23. The van der Waals surface area contributed by atoms with Crippen LogP contribution in [0, 0.1) is 28.6 Å². The van der Waals surface area contributed by atoms with Gasteiger partial charge in [-0.25, -0.2) is 0 Å². The Balaban J connectivity index is 1.98. The zero-order valence-electron chi connectivity index (χ0n) is 9.00. The summed E-state index contributed by atoms with van der Waals surface area (Å²) in [6, 6.07) is 2.62. The number of fused-ring (bicyclic) bond motifs is 2. The van der Waals surface area contributed by atoms with Crippen molar-refractivity contribution in [3.05, 3.63) is 12.2 Å². The molecule has 0 N–H and O–H groups in total. The van der Waals surface area contributed by atoms with E-state index in [0.717, 1.165) is 18.8 Å². The molecule has 2 aliphatic carbocycles. The molecule has 0 heterocycles. The van der Waals surface area contributed by atoms with E-state index in [4.69, 9.17) is 0 Å². The molecule has 2 bridgehead atoms. The second kappa shape index (κ2) is 3.77. The molecule has 0 aromatic heterocycles. The smallest absolute Gasteiger partial charge is 0.0696 e. The van der Waals surface area contributed by atoms with Crippen LogP contribution in [-0.2, 0) is 0 Å². The van der Waals surface area contributed by atoms with Crippen molar-refractivity contribution in [2.24, 2.45) is 17.3 Å². The van der Waals surface area contributed by atoms with Gasteiger partial charge in [0.2, 0.25) is 0 Å². The number of nitrogens with zero attached hydrogens (tertiary/aromatic N) is 1. The number of hydrogen-bond donors (Lipinski definition) is 0. The van der Waals surface area contributed by atoms with Gasteiger partial charge < -0.3 is 0 Å². The predicted molar refractivity (Wildman–Crippen MR) is 57.5 cm³/mol. The molecule has 0 aromatic rings. The van der Waals surface area contributed by atoms with Crippen LogP contribution in [0.3, 0.4) is 0 Å². The first-order valence-corrected chi connectivity index (χ1v) is 5.90. The van der Waals surface area contributed by atoms with Crippen LogP contribution < -0.4 is 0 Å². The van der Waals surface area contributed by atoms with Crippen LogP contribution in [0.15, 0.2) is 12.2 Å². The molecule has 0 aromatic carbocycles. The molecule has 0 spiro atoms. The van der Waals surface area contributed by atoms with E-state index in [2.05, 4.69) is 25.1 Å². The Kier molecular flexibility index (Phi) is 2.63. The molecule has 0 radical (unpaired) electrons. The van der Waals surface area contributed by atoms with Crippen LogP contribution in [0.25, 0.3) is 0 Å². The van der Waals surface area contributed by atoms with Gasteiger partial charge in [-0.1, -0.05) is 38.3 Å². The Labute approximate surface area is 86.8 Å². The Hall–Kier alpha value is -0.770. The topological polar surface area (TPSA) is 23.8 Å². The SMILES string of the molecule is CCCCC[C@@]1(C#N)C[C@H]2C=C[C@H]1C2. The van der Waals surface area contributed by atoms with Crippen LogP contribution in [0.4, 0.5) is 0 Å². The normalized spacial score (nSPS) is 38.9. The van der Waals surface area contributed by atoms with E-state index in [1.54, 1.807) is 0 Å². The van der Waals surface area contributed by atoms with Gasteiger partial charge in [0, 0.05) is 0 Å². The summed E-state index contributed by atoms with van der Waals surface area (Å²) in [5.74, 6) is 1.30. The van der Waals surface area contributed by atoms with E-state index >= 15 is 0 Å². The number of rotatable bonds is 4. The molecule has 1 heteroatoms. The van der Waals surface area contributed by atoms with E-state index in [0.29, 0.717) is 5.92 Å². The minimum Gasteiger partial charge on any atom is -0.198 e. The standard InChI is InChI=1S/C13H19N/c1-2-3-4-7-13(10-14)9-11-5-6-12(13)8-11/h5-6,11-12H,2-4,7-9H2,1H3/t11-,12-,13-/m0/s1. The largest absolute Gasteiger partial charge is 0.198 e. The van der Waals surface area contributed by atoms with Gasteiger partial charge >= 0.3 is 0 Å². The molecule has 0 aliphatic heterocycles. The van der Waals surface area contributed by atoms with E-state index < -0.39 is 0 Å². The third-order valence-corrected chi connectivity index (χ3v) is 3.96. The fraction of sp³-hybridized carbons (Fsp3) is 0.769. The maximum Gasteiger partial charge on any atom is 0.0696 e. The van der Waals surface area contributed by atoms with Crippen molar-refractivity contribution in [2.45, 2.75) is 45.4 Å². The summed E-state index contributed by atoms with van der Waals surface area (Å²) in [4.78, 5) is 0. The predicted octanol–water partition coefficient (Wildman–Crippen LogP) is 3.67. The van der Waals surface area contributed by atoms with Gasteiger partial charge in [-0.2, -0.15) is 5.26 Å². The van der Waals surface area contributed by atoms with Gasteiger partial charge in [0.1, 0.15) is 0 Å². The fourth-order valence-electron chi connectivity index (χ4n) is 3.12. The molecule has 2 aliphatic rings. The average Bonchev–Trinajstić information content (AvgIpc) is 2.78. The van der Waals surface area contributed by atoms with Crippen molar-refractivity contribution >= 4 is 0 Å². The van der Waals surface area contributed by atoms with E-state index in [1.165, 1.54) is 25.7 Å². The lowest BCUT2D eigenvalue weighted by Gasteiger charge is -2.28. The summed E-state index contributed by atoms with van der Waals surface area (Å²) in [5.41, 5.74) is 0.0224. The zero-order valence-corrected chi connectivity index (χ0v) is 9.00. The van der Waals surface area contributed by atoms with Crippen molar-refractivity contribution in [2.75, 3.05) is 0 Å². The molecular formula is C13H19N. The van der Waals surface area contributed by atoms with E-state index in [9.17, 15) is 5.26 Å². The second-order valence-corrected chi connectivity index (χ2v) is 4.92. The molecule has 2 rings (SSSR count). The van der Waals surface area contributed by atoms with Crippen LogP contribution in [-0.4, -0.2) is 0 Å². The van der Waals surface area contributed by atoms with Crippen LogP contribution in [0.1, 0.15) is 45.4 Å². The Bertz CT molecular complexity index is 273. The number of unbranched alkanes of at least 4 members (excludes halogenated alkanes) is 2. The molecule has 76 valence electrons. The molecule has 1 saturated carbocycles. The first-order chi connectivity index (χ1) is 6.80. The first-order valence-electron chi connectivity index (χ1n) is 5.90. The molecule has 0 amide bonds. The zero-order chi connectivity index (χ0) is 10.0. The lowest BCUT2D eigenvalue weighted by molar-refractivity contribution is 0.290. The summed E-state index contributed by atoms with van der Waals surface area (Å²) in [6.45, 7) is 2.22.